The summed E-state index contributed by atoms with van der Waals surface area (Å²) >= 11 is 0. The Bertz CT molecular complexity index is 827. The molecule has 2 aromatic rings. The normalized spacial score (nSPS) is 11.3. The van der Waals surface area contributed by atoms with Crippen molar-refractivity contribution in [2.45, 2.75) is 12.7 Å². The Labute approximate surface area is 126 Å². The van der Waals surface area contributed by atoms with E-state index in [1.54, 1.807) is 0 Å². The lowest BCUT2D eigenvalue weighted by Gasteiger charge is -2.09. The second-order valence-electron chi connectivity index (χ2n) is 4.61. The minimum atomic E-state index is -4.60. The fraction of sp³-hybridized carbons (Fsp3) is 0.143. The van der Waals surface area contributed by atoms with Gasteiger partial charge in [0.1, 0.15) is 0 Å². The zero-order chi connectivity index (χ0) is 17.2. The summed E-state index contributed by atoms with van der Waals surface area (Å²) in [7, 11) is 0. The number of carbonyl (C=O) groups excluding carboxylic acids is 1. The Hall–Kier alpha value is -2.97. The molecule has 0 saturated carbocycles. The molecule has 0 radical (unpaired) electrons. The van der Waals surface area contributed by atoms with Gasteiger partial charge in [0, 0.05) is 17.7 Å². The Balaban J connectivity index is 2.31. The molecule has 0 spiro atoms. The predicted octanol–water partition coefficient (Wildman–Crippen LogP) is 2.66. The smallest absolute Gasteiger partial charge is 0.301 e. The van der Waals surface area contributed by atoms with Crippen LogP contribution in [0.2, 0.25) is 0 Å². The van der Waals surface area contributed by atoms with Crippen LogP contribution in [-0.4, -0.2) is 15.3 Å². The molecular weight excluding hydrogens is 317 g/mol. The van der Waals surface area contributed by atoms with Gasteiger partial charge in [-0.15, -0.1) is 0 Å². The van der Waals surface area contributed by atoms with Crippen molar-refractivity contribution in [3.05, 3.63) is 74.2 Å². The number of alkyl halides is 3. The van der Waals surface area contributed by atoms with E-state index in [4.69, 9.17) is 0 Å². The number of pyridine rings is 1. The van der Waals surface area contributed by atoms with Crippen molar-refractivity contribution in [1.29, 1.82) is 0 Å². The number of aromatic nitrogens is 1. The zero-order valence-corrected chi connectivity index (χ0v) is 11.4. The van der Waals surface area contributed by atoms with E-state index in [1.165, 1.54) is 6.07 Å². The summed E-state index contributed by atoms with van der Waals surface area (Å²) < 4.78 is 38.6. The molecule has 0 amide bonds. The van der Waals surface area contributed by atoms with Gasteiger partial charge >= 0.3 is 6.18 Å². The van der Waals surface area contributed by atoms with Gasteiger partial charge in [-0.05, 0) is 12.1 Å². The van der Waals surface area contributed by atoms with Crippen LogP contribution in [0.5, 0.6) is 0 Å². The standard InChI is InChI=1S/C14H9F3N2O4/c15-14(16,17)10-3-1-2-9(6-10)12(20)8-18-7-11(19(22)23)4-5-13(18)21/h1-7H,8H2. The third-order valence-corrected chi connectivity index (χ3v) is 3.00. The van der Waals surface area contributed by atoms with Crippen molar-refractivity contribution in [1.82, 2.24) is 4.57 Å². The highest BCUT2D eigenvalue weighted by molar-refractivity contribution is 5.96. The van der Waals surface area contributed by atoms with Gasteiger partial charge in [-0.3, -0.25) is 19.7 Å². The maximum atomic E-state index is 12.6. The van der Waals surface area contributed by atoms with E-state index in [2.05, 4.69) is 0 Å². The molecule has 6 nitrogen and oxygen atoms in total. The molecule has 0 aliphatic carbocycles. The average molecular weight is 326 g/mol. The number of hydrogen-bond donors (Lipinski definition) is 0. The quantitative estimate of drug-likeness (QED) is 0.491. The molecule has 2 rings (SSSR count). The van der Waals surface area contributed by atoms with Crippen LogP contribution >= 0.6 is 0 Å². The first kappa shape index (κ1) is 16.4. The molecule has 0 atom stereocenters. The van der Waals surface area contributed by atoms with Crippen LogP contribution in [0.3, 0.4) is 0 Å². The van der Waals surface area contributed by atoms with Gasteiger partial charge < -0.3 is 4.57 Å². The van der Waals surface area contributed by atoms with E-state index in [9.17, 15) is 32.9 Å². The number of rotatable bonds is 4. The summed E-state index contributed by atoms with van der Waals surface area (Å²) in [5.41, 5.74) is -2.30. The Morgan fingerprint density at radius 3 is 2.52 bits per heavy atom. The van der Waals surface area contributed by atoms with Gasteiger partial charge in [-0.1, -0.05) is 12.1 Å². The van der Waals surface area contributed by atoms with Crippen molar-refractivity contribution in [3.63, 3.8) is 0 Å². The number of hydrogen-bond acceptors (Lipinski definition) is 4. The minimum absolute atomic E-state index is 0.238. The lowest BCUT2D eigenvalue weighted by molar-refractivity contribution is -0.385. The van der Waals surface area contributed by atoms with Gasteiger partial charge in [0.25, 0.3) is 11.2 Å². The van der Waals surface area contributed by atoms with Crippen LogP contribution in [0.1, 0.15) is 15.9 Å². The maximum Gasteiger partial charge on any atom is 0.416 e. The molecular formula is C14H9F3N2O4. The Morgan fingerprint density at radius 1 is 1.22 bits per heavy atom. The van der Waals surface area contributed by atoms with Crippen molar-refractivity contribution >= 4 is 11.5 Å². The zero-order valence-electron chi connectivity index (χ0n) is 11.4. The summed E-state index contributed by atoms with van der Waals surface area (Å²) in [6, 6.07) is 5.64. The third-order valence-electron chi connectivity index (χ3n) is 3.00. The van der Waals surface area contributed by atoms with Crippen molar-refractivity contribution in [2.24, 2.45) is 0 Å². The van der Waals surface area contributed by atoms with Crippen LogP contribution in [0, 0.1) is 10.1 Å². The first-order valence-corrected chi connectivity index (χ1v) is 6.24. The number of nitro groups is 1. The number of carbonyl (C=O) groups is 1. The second kappa shape index (κ2) is 6.03. The Kier molecular flexibility index (Phi) is 4.30. The van der Waals surface area contributed by atoms with Crippen LogP contribution < -0.4 is 5.56 Å². The van der Waals surface area contributed by atoms with Gasteiger partial charge in [0.2, 0.25) is 0 Å². The van der Waals surface area contributed by atoms with Crippen LogP contribution in [0.4, 0.5) is 18.9 Å². The molecule has 0 aliphatic heterocycles. The van der Waals surface area contributed by atoms with Gasteiger partial charge in [0.15, 0.2) is 5.78 Å². The minimum Gasteiger partial charge on any atom is -0.301 e. The summed E-state index contributed by atoms with van der Waals surface area (Å²) in [6.07, 6.45) is -3.73. The molecule has 0 unspecified atom stereocenters. The molecule has 23 heavy (non-hydrogen) atoms. The molecule has 1 aromatic heterocycles. The second-order valence-corrected chi connectivity index (χ2v) is 4.61. The van der Waals surface area contributed by atoms with E-state index >= 15 is 0 Å². The van der Waals surface area contributed by atoms with E-state index in [0.717, 1.165) is 35.0 Å². The molecule has 0 aliphatic rings. The highest BCUT2D eigenvalue weighted by Gasteiger charge is 2.30. The summed E-state index contributed by atoms with van der Waals surface area (Å²) in [5.74, 6) is -0.765. The number of nitrogens with zero attached hydrogens (tertiary/aromatic N) is 2. The summed E-state index contributed by atoms with van der Waals surface area (Å²) in [5, 5.41) is 10.7. The summed E-state index contributed by atoms with van der Waals surface area (Å²) in [6.45, 7) is -0.595. The largest absolute Gasteiger partial charge is 0.416 e. The average Bonchev–Trinajstić information content (AvgIpc) is 2.48. The first-order chi connectivity index (χ1) is 10.7. The lowest BCUT2D eigenvalue weighted by Crippen LogP contribution is -2.23. The lowest BCUT2D eigenvalue weighted by atomic mass is 10.1. The van der Waals surface area contributed by atoms with Gasteiger partial charge in [0.05, 0.1) is 23.2 Å². The predicted molar refractivity (Wildman–Crippen MR) is 73.1 cm³/mol. The number of benzene rings is 1. The maximum absolute atomic E-state index is 12.6. The fourth-order valence-electron chi connectivity index (χ4n) is 1.87. The molecule has 0 N–H and O–H groups in total. The highest BCUT2D eigenvalue weighted by Crippen LogP contribution is 2.29. The first-order valence-electron chi connectivity index (χ1n) is 6.24. The van der Waals surface area contributed by atoms with Crippen LogP contribution in [0.15, 0.2) is 47.4 Å². The third kappa shape index (κ3) is 3.82. The van der Waals surface area contributed by atoms with Crippen LogP contribution in [-0.2, 0) is 12.7 Å². The number of Topliss-reactive ketones (excluding diaryl/α,β-unsaturated/α-hetero) is 1. The molecule has 0 fully saturated rings. The number of halogens is 3. The van der Waals surface area contributed by atoms with E-state index in [1.807, 2.05) is 0 Å². The number of ketones is 1. The van der Waals surface area contributed by atoms with Crippen molar-refractivity contribution in [3.8, 4) is 0 Å². The summed E-state index contributed by atoms with van der Waals surface area (Å²) in [4.78, 5) is 33.5. The Morgan fingerprint density at radius 2 is 1.91 bits per heavy atom. The van der Waals surface area contributed by atoms with Gasteiger partial charge in [-0.25, -0.2) is 0 Å². The molecule has 0 saturated heterocycles. The van der Waals surface area contributed by atoms with Crippen molar-refractivity contribution in [2.75, 3.05) is 0 Å². The monoisotopic (exact) mass is 326 g/mol. The molecule has 120 valence electrons. The van der Waals surface area contributed by atoms with Crippen LogP contribution in [0.25, 0.3) is 0 Å². The fourth-order valence-corrected chi connectivity index (χ4v) is 1.87. The molecule has 1 heterocycles. The highest BCUT2D eigenvalue weighted by atomic mass is 19.4. The van der Waals surface area contributed by atoms with Crippen molar-refractivity contribution < 1.29 is 22.9 Å². The molecule has 1 aromatic carbocycles. The van der Waals surface area contributed by atoms with Gasteiger partial charge in [-0.2, -0.15) is 13.2 Å². The SMILES string of the molecule is O=C(Cn1cc([N+](=O)[O-])ccc1=O)c1cccc(C(F)(F)F)c1. The van der Waals surface area contributed by atoms with E-state index < -0.39 is 40.2 Å². The van der Waals surface area contributed by atoms with E-state index in [-0.39, 0.29) is 5.56 Å². The van der Waals surface area contributed by atoms with E-state index in [0.29, 0.717) is 6.07 Å². The topological polar surface area (TPSA) is 82.2 Å². The molecule has 0 bridgehead atoms. The molecule has 9 heteroatoms.